The Kier molecular flexibility index (Phi) is 11.7. The van der Waals surface area contributed by atoms with E-state index in [9.17, 15) is 14.4 Å². The fourth-order valence-electron chi connectivity index (χ4n) is 5.73. The Morgan fingerprint density at radius 3 is 2.43 bits per heavy atom. The van der Waals surface area contributed by atoms with Gasteiger partial charge in [0, 0.05) is 32.7 Å². The summed E-state index contributed by atoms with van der Waals surface area (Å²) < 4.78 is 10.2. The lowest BCUT2D eigenvalue weighted by Crippen LogP contribution is -2.62. The predicted octanol–water partition coefficient (Wildman–Crippen LogP) is 4.48. The number of ether oxygens (including phenoxy) is 2. The minimum Gasteiger partial charge on any atom is -0.462 e. The van der Waals surface area contributed by atoms with Crippen molar-refractivity contribution in [3.63, 3.8) is 0 Å². The second kappa shape index (κ2) is 15.7. The molecule has 3 heterocycles. The number of hydrogen-bond donors (Lipinski definition) is 2. The van der Waals surface area contributed by atoms with Crippen LogP contribution in [-0.4, -0.2) is 92.3 Å². The van der Waals surface area contributed by atoms with Gasteiger partial charge in [0.15, 0.2) is 0 Å². The molecular formula is C35H46N4O5. The van der Waals surface area contributed by atoms with Gasteiger partial charge in [-0.1, -0.05) is 66.3 Å². The highest BCUT2D eigenvalue weighted by atomic mass is 16.5. The molecule has 3 aliphatic heterocycles. The third kappa shape index (κ3) is 9.27. The number of likely N-dealkylation sites (N-methyl/N-ethyl adjacent to an activating group) is 1. The number of piperidine rings is 2. The Balaban J connectivity index is 0.000000566. The first-order chi connectivity index (χ1) is 21.2. The van der Waals surface area contributed by atoms with Crippen molar-refractivity contribution in [3.8, 4) is 0 Å². The number of morpholine rings is 1. The number of benzene rings is 2. The number of carbonyl (C=O) groups is 3. The number of nitrogens with zero attached hydrogens (tertiary/aromatic N) is 2. The Bertz CT molecular complexity index is 1320. The van der Waals surface area contributed by atoms with E-state index in [1.807, 2.05) is 43.7 Å². The number of rotatable bonds is 6. The van der Waals surface area contributed by atoms with Crippen molar-refractivity contribution in [1.82, 2.24) is 20.4 Å². The van der Waals surface area contributed by atoms with Gasteiger partial charge < -0.3 is 29.9 Å². The zero-order valence-electron chi connectivity index (χ0n) is 26.4. The second-order valence-electron chi connectivity index (χ2n) is 12.3. The van der Waals surface area contributed by atoms with E-state index >= 15 is 0 Å². The summed E-state index contributed by atoms with van der Waals surface area (Å²) >= 11 is 0. The van der Waals surface area contributed by atoms with E-state index in [4.69, 9.17) is 4.74 Å². The lowest BCUT2D eigenvalue weighted by molar-refractivity contribution is -0.140. The number of hydrogen-bond acceptors (Lipinski definition) is 6. The van der Waals surface area contributed by atoms with Crippen LogP contribution in [0.25, 0.3) is 11.6 Å². The predicted molar refractivity (Wildman–Crippen MR) is 173 cm³/mol. The molecule has 236 valence electrons. The average Bonchev–Trinajstić information content (AvgIpc) is 3.01. The first kappa shape index (κ1) is 33.0. The Morgan fingerprint density at radius 1 is 1.05 bits per heavy atom. The summed E-state index contributed by atoms with van der Waals surface area (Å²) in [5, 5.41) is 6.14. The van der Waals surface area contributed by atoms with Gasteiger partial charge >= 0.3 is 6.03 Å². The third-order valence-corrected chi connectivity index (χ3v) is 7.86. The topological polar surface area (TPSA) is 100 Å². The molecule has 5 rings (SSSR count). The van der Waals surface area contributed by atoms with Gasteiger partial charge in [-0.25, -0.2) is 4.79 Å². The van der Waals surface area contributed by atoms with Crippen molar-refractivity contribution in [1.29, 1.82) is 0 Å². The molecule has 44 heavy (non-hydrogen) atoms. The molecule has 9 nitrogen and oxygen atoms in total. The Morgan fingerprint density at radius 2 is 1.77 bits per heavy atom. The minimum atomic E-state index is -0.318. The Hall–Kier alpha value is -3.95. The summed E-state index contributed by atoms with van der Waals surface area (Å²) in [6, 6.07) is 19.2. The van der Waals surface area contributed by atoms with Crippen LogP contribution < -0.4 is 10.6 Å². The fraction of sp³-hybridized carbons (Fsp3) is 0.457. The highest BCUT2D eigenvalue weighted by molar-refractivity contribution is 5.84. The zero-order valence-corrected chi connectivity index (χ0v) is 26.4. The molecule has 2 aromatic rings. The fourth-order valence-corrected chi connectivity index (χ4v) is 5.73. The van der Waals surface area contributed by atoms with Gasteiger partial charge in [0.1, 0.15) is 12.2 Å². The second-order valence-corrected chi connectivity index (χ2v) is 12.3. The van der Waals surface area contributed by atoms with Crippen LogP contribution in [-0.2, 0) is 19.1 Å². The molecule has 0 radical (unpaired) electrons. The van der Waals surface area contributed by atoms with Gasteiger partial charge in [-0.3, -0.25) is 9.59 Å². The molecule has 0 bridgehead atoms. The molecule has 2 atom stereocenters. The van der Waals surface area contributed by atoms with Gasteiger partial charge in [-0.05, 0) is 75.4 Å². The smallest absolute Gasteiger partial charge is 0.320 e. The molecule has 2 aromatic carbocycles. The maximum atomic E-state index is 13.4. The quantitative estimate of drug-likeness (QED) is 0.473. The molecule has 9 heteroatoms. The number of carbonyl (C=O) groups excluding carboxylic acids is 3. The molecule has 3 amide bonds. The van der Waals surface area contributed by atoms with Gasteiger partial charge in [0.2, 0.25) is 5.91 Å². The molecule has 3 fully saturated rings. The number of likely N-dealkylation sites (tertiary alicyclic amines) is 2. The molecule has 0 aromatic heterocycles. The van der Waals surface area contributed by atoms with E-state index in [-0.39, 0.29) is 36.3 Å². The van der Waals surface area contributed by atoms with Crippen molar-refractivity contribution in [2.45, 2.75) is 57.8 Å². The first-order valence-electron chi connectivity index (χ1n) is 15.4. The lowest BCUT2D eigenvalue weighted by atomic mass is 9.88. The summed E-state index contributed by atoms with van der Waals surface area (Å²) in [6.07, 6.45) is 6.73. The number of fused-ring (bicyclic) bond motifs is 1. The molecule has 0 aliphatic carbocycles. The maximum Gasteiger partial charge on any atom is 0.320 e. The maximum absolute atomic E-state index is 13.4. The normalized spacial score (nSPS) is 20.3. The number of amides is 3. The van der Waals surface area contributed by atoms with Crippen LogP contribution in [0.15, 0.2) is 66.2 Å². The van der Waals surface area contributed by atoms with Crippen molar-refractivity contribution in [3.05, 3.63) is 82.9 Å². The molecule has 0 unspecified atom stereocenters. The van der Waals surface area contributed by atoms with Crippen LogP contribution in [0.1, 0.15) is 56.7 Å². The van der Waals surface area contributed by atoms with Crippen molar-refractivity contribution < 1.29 is 23.9 Å². The summed E-state index contributed by atoms with van der Waals surface area (Å²) in [5.41, 5.74) is 5.95. The summed E-state index contributed by atoms with van der Waals surface area (Å²) in [7, 11) is 1.94. The van der Waals surface area contributed by atoms with E-state index in [1.54, 1.807) is 0 Å². The molecule has 0 saturated carbocycles. The van der Waals surface area contributed by atoms with Gasteiger partial charge in [-0.15, -0.1) is 0 Å². The summed E-state index contributed by atoms with van der Waals surface area (Å²) in [4.78, 5) is 38.6. The highest BCUT2D eigenvalue weighted by Gasteiger charge is 2.37. The van der Waals surface area contributed by atoms with Gasteiger partial charge in [0.05, 0.1) is 12.1 Å². The van der Waals surface area contributed by atoms with Crippen LogP contribution in [0.3, 0.4) is 0 Å². The van der Waals surface area contributed by atoms with E-state index in [2.05, 4.69) is 76.1 Å². The molecule has 3 aliphatic rings. The average molecular weight is 603 g/mol. The summed E-state index contributed by atoms with van der Waals surface area (Å²) in [5.74, 6) is -0.0988. The standard InChI is InChI=1S/C30H36N4O3.C5H10O2/c1-31-15-6-8-22-7-5-11-25(19-22)29(23-9-3-2-4-10-23)24-12-16-33(17-13-24)30(36)34-18-14-27-26(20-34)32-28(35)21-37-27;1-5(2,3)7-4-6/h2-11,19,26-27,31H,12-18,20-21H2,1H3,(H,32,35);4H,1-3H3/b8-6+;/t26-,27+;/m1./s1. The molecular weight excluding hydrogens is 556 g/mol. The molecule has 0 spiro atoms. The molecule has 3 saturated heterocycles. The van der Waals surface area contributed by atoms with Crippen LogP contribution in [0.4, 0.5) is 4.79 Å². The van der Waals surface area contributed by atoms with E-state index < -0.39 is 0 Å². The number of nitrogens with one attached hydrogen (secondary N) is 2. The van der Waals surface area contributed by atoms with E-state index in [0.29, 0.717) is 32.7 Å². The van der Waals surface area contributed by atoms with Gasteiger partial charge in [-0.2, -0.15) is 0 Å². The lowest BCUT2D eigenvalue weighted by Gasteiger charge is -2.43. The largest absolute Gasteiger partial charge is 0.462 e. The van der Waals surface area contributed by atoms with E-state index in [0.717, 1.165) is 25.8 Å². The monoisotopic (exact) mass is 602 g/mol. The van der Waals surface area contributed by atoms with Crippen LogP contribution >= 0.6 is 0 Å². The highest BCUT2D eigenvalue weighted by Crippen LogP contribution is 2.33. The molecule has 2 N–H and O–H groups in total. The van der Waals surface area contributed by atoms with Crippen molar-refractivity contribution in [2.75, 3.05) is 46.4 Å². The van der Waals surface area contributed by atoms with Crippen LogP contribution in [0, 0.1) is 0 Å². The summed E-state index contributed by atoms with van der Waals surface area (Å²) in [6.45, 7) is 9.44. The Labute approximate surface area is 261 Å². The van der Waals surface area contributed by atoms with Crippen molar-refractivity contribution in [2.24, 2.45) is 0 Å². The third-order valence-electron chi connectivity index (χ3n) is 7.86. The van der Waals surface area contributed by atoms with Crippen molar-refractivity contribution >= 4 is 30.1 Å². The SMILES string of the molecule is CC(C)(C)OC=O.CNC/C=C/c1cccc(C(=C2CCN(C(=O)N3CC[C@@H]4OCC(=O)N[C@@H]4C3)CC2)c2ccccc2)c1. The number of urea groups is 1. The van der Waals surface area contributed by atoms with Crippen LogP contribution in [0.2, 0.25) is 0 Å². The minimum absolute atomic E-state index is 0.00918. The first-order valence-corrected chi connectivity index (χ1v) is 15.4. The zero-order chi connectivity index (χ0) is 31.5. The van der Waals surface area contributed by atoms with E-state index in [1.165, 1.54) is 27.8 Å². The van der Waals surface area contributed by atoms with Gasteiger partial charge in [0.25, 0.3) is 6.47 Å². The van der Waals surface area contributed by atoms with Crippen LogP contribution in [0.5, 0.6) is 0 Å².